The van der Waals surface area contributed by atoms with Crippen LogP contribution in [0.15, 0.2) is 61.2 Å². The van der Waals surface area contributed by atoms with Gasteiger partial charge in [0.05, 0.1) is 12.6 Å². The van der Waals surface area contributed by atoms with Crippen LogP contribution in [0.1, 0.15) is 24.5 Å². The average molecular weight is 349 g/mol. The zero-order chi connectivity index (χ0) is 18.4. The highest BCUT2D eigenvalue weighted by Gasteiger charge is 2.13. The molecule has 6 nitrogen and oxygen atoms in total. The molecule has 134 valence electrons. The number of hydrogen-bond donors (Lipinski definition) is 2. The standard InChI is InChI=1S/C20H23N5O/c1-2-19(20(21)26)23-11-17-5-3-4-6-18(17)16-9-7-15(8-10-16)12-25-14-22-13-24-25/h3-10,13-14,19,23H,2,11-12H2,1H3,(H2,21,26)/t19-/m0/s1. The summed E-state index contributed by atoms with van der Waals surface area (Å²) in [5, 5.41) is 7.37. The van der Waals surface area contributed by atoms with E-state index in [2.05, 4.69) is 51.8 Å². The zero-order valence-electron chi connectivity index (χ0n) is 14.8. The van der Waals surface area contributed by atoms with E-state index in [9.17, 15) is 4.79 Å². The molecule has 0 saturated heterocycles. The van der Waals surface area contributed by atoms with Crippen molar-refractivity contribution in [1.82, 2.24) is 20.1 Å². The lowest BCUT2D eigenvalue weighted by atomic mass is 9.98. The van der Waals surface area contributed by atoms with Crippen LogP contribution in [-0.2, 0) is 17.9 Å². The molecule has 0 aliphatic carbocycles. The molecule has 0 saturated carbocycles. The van der Waals surface area contributed by atoms with Gasteiger partial charge in [-0.1, -0.05) is 55.5 Å². The van der Waals surface area contributed by atoms with Gasteiger partial charge in [-0.25, -0.2) is 9.67 Å². The summed E-state index contributed by atoms with van der Waals surface area (Å²) in [6, 6.07) is 16.3. The Labute approximate surface area is 153 Å². The van der Waals surface area contributed by atoms with Gasteiger partial charge in [-0.3, -0.25) is 4.79 Å². The number of amides is 1. The van der Waals surface area contributed by atoms with E-state index in [1.54, 1.807) is 11.0 Å². The van der Waals surface area contributed by atoms with Crippen molar-refractivity contribution in [3.8, 4) is 11.1 Å². The highest BCUT2D eigenvalue weighted by Crippen LogP contribution is 2.24. The average Bonchev–Trinajstić information content (AvgIpc) is 3.16. The minimum Gasteiger partial charge on any atom is -0.368 e. The summed E-state index contributed by atoms with van der Waals surface area (Å²) in [5.41, 5.74) is 10.00. The van der Waals surface area contributed by atoms with Crippen LogP contribution in [0.3, 0.4) is 0 Å². The first-order valence-corrected chi connectivity index (χ1v) is 8.69. The van der Waals surface area contributed by atoms with E-state index < -0.39 is 0 Å². The van der Waals surface area contributed by atoms with Gasteiger partial charge < -0.3 is 11.1 Å². The van der Waals surface area contributed by atoms with E-state index in [-0.39, 0.29) is 11.9 Å². The third-order valence-corrected chi connectivity index (χ3v) is 4.38. The third kappa shape index (κ3) is 4.34. The summed E-state index contributed by atoms with van der Waals surface area (Å²) in [6.07, 6.45) is 3.92. The summed E-state index contributed by atoms with van der Waals surface area (Å²) in [7, 11) is 0. The van der Waals surface area contributed by atoms with E-state index in [0.29, 0.717) is 19.5 Å². The van der Waals surface area contributed by atoms with Crippen molar-refractivity contribution in [3.05, 3.63) is 72.3 Å². The number of nitrogens with zero attached hydrogens (tertiary/aromatic N) is 3. The van der Waals surface area contributed by atoms with Crippen LogP contribution in [-0.4, -0.2) is 26.7 Å². The van der Waals surface area contributed by atoms with Gasteiger partial charge >= 0.3 is 0 Å². The molecular formula is C20H23N5O. The Morgan fingerprint density at radius 2 is 1.96 bits per heavy atom. The normalized spacial score (nSPS) is 12.0. The van der Waals surface area contributed by atoms with Crippen LogP contribution in [0, 0.1) is 0 Å². The molecule has 0 aliphatic rings. The lowest BCUT2D eigenvalue weighted by molar-refractivity contribution is -0.120. The third-order valence-electron chi connectivity index (χ3n) is 4.38. The predicted molar refractivity (Wildman–Crippen MR) is 101 cm³/mol. The van der Waals surface area contributed by atoms with Gasteiger partial charge in [-0.15, -0.1) is 0 Å². The van der Waals surface area contributed by atoms with Crippen molar-refractivity contribution in [2.24, 2.45) is 5.73 Å². The molecule has 1 heterocycles. The Morgan fingerprint density at radius 3 is 2.62 bits per heavy atom. The Hall–Kier alpha value is -2.99. The summed E-state index contributed by atoms with van der Waals surface area (Å²) in [6.45, 7) is 3.24. The number of nitrogens with one attached hydrogen (secondary N) is 1. The number of carbonyl (C=O) groups is 1. The van der Waals surface area contributed by atoms with Crippen LogP contribution in [0.4, 0.5) is 0 Å². The van der Waals surface area contributed by atoms with Crippen molar-refractivity contribution in [1.29, 1.82) is 0 Å². The van der Waals surface area contributed by atoms with Crippen LogP contribution < -0.4 is 11.1 Å². The molecule has 3 aromatic rings. The topological polar surface area (TPSA) is 85.8 Å². The van der Waals surface area contributed by atoms with Gasteiger partial charge in [0.2, 0.25) is 5.91 Å². The fourth-order valence-electron chi connectivity index (χ4n) is 2.93. The molecule has 26 heavy (non-hydrogen) atoms. The lowest BCUT2D eigenvalue weighted by Gasteiger charge is -2.16. The van der Waals surface area contributed by atoms with E-state index in [0.717, 1.165) is 22.3 Å². The number of hydrogen-bond acceptors (Lipinski definition) is 4. The Kier molecular flexibility index (Phi) is 5.76. The maximum absolute atomic E-state index is 11.4. The molecule has 3 N–H and O–H groups in total. The number of aromatic nitrogens is 3. The van der Waals surface area contributed by atoms with E-state index in [1.165, 1.54) is 6.33 Å². The van der Waals surface area contributed by atoms with Gasteiger partial charge in [-0.2, -0.15) is 5.10 Å². The Morgan fingerprint density at radius 1 is 1.19 bits per heavy atom. The molecule has 2 aromatic carbocycles. The van der Waals surface area contributed by atoms with Gasteiger partial charge in [0.25, 0.3) is 0 Å². The minimum absolute atomic E-state index is 0.312. The summed E-state index contributed by atoms with van der Waals surface area (Å²) >= 11 is 0. The Bertz CT molecular complexity index is 843. The van der Waals surface area contributed by atoms with Crippen molar-refractivity contribution >= 4 is 5.91 Å². The first kappa shape index (κ1) is 17.8. The number of benzene rings is 2. The lowest BCUT2D eigenvalue weighted by Crippen LogP contribution is -2.40. The number of rotatable bonds is 8. The molecule has 0 aliphatic heterocycles. The maximum Gasteiger partial charge on any atom is 0.234 e. The van der Waals surface area contributed by atoms with Crippen LogP contribution in [0.5, 0.6) is 0 Å². The summed E-state index contributed by atoms with van der Waals surface area (Å²) in [4.78, 5) is 15.4. The van der Waals surface area contributed by atoms with Crippen molar-refractivity contribution in [2.45, 2.75) is 32.5 Å². The second-order valence-electron chi connectivity index (χ2n) is 6.19. The molecule has 0 bridgehead atoms. The fraction of sp³-hybridized carbons (Fsp3) is 0.250. The Balaban J connectivity index is 1.75. The van der Waals surface area contributed by atoms with Crippen molar-refractivity contribution in [2.75, 3.05) is 0 Å². The van der Waals surface area contributed by atoms with Crippen LogP contribution >= 0.6 is 0 Å². The maximum atomic E-state index is 11.4. The molecular weight excluding hydrogens is 326 g/mol. The summed E-state index contributed by atoms with van der Waals surface area (Å²) < 4.78 is 1.79. The van der Waals surface area contributed by atoms with E-state index >= 15 is 0 Å². The van der Waals surface area contributed by atoms with Gasteiger partial charge in [0.1, 0.15) is 12.7 Å². The number of primary amides is 1. The molecule has 3 rings (SSSR count). The molecule has 1 aromatic heterocycles. The molecule has 0 spiro atoms. The zero-order valence-corrected chi connectivity index (χ0v) is 14.8. The van der Waals surface area contributed by atoms with Gasteiger partial charge in [0.15, 0.2) is 0 Å². The number of nitrogens with two attached hydrogens (primary N) is 1. The van der Waals surface area contributed by atoms with Crippen molar-refractivity contribution in [3.63, 3.8) is 0 Å². The molecule has 1 amide bonds. The molecule has 1 atom stereocenters. The minimum atomic E-state index is -0.317. The first-order valence-electron chi connectivity index (χ1n) is 8.69. The second-order valence-corrected chi connectivity index (χ2v) is 6.19. The first-order chi connectivity index (χ1) is 12.7. The predicted octanol–water partition coefficient (Wildman–Crippen LogP) is 2.35. The van der Waals surface area contributed by atoms with Crippen molar-refractivity contribution < 1.29 is 4.79 Å². The van der Waals surface area contributed by atoms with Crippen LogP contribution in [0.25, 0.3) is 11.1 Å². The quantitative estimate of drug-likeness (QED) is 0.654. The van der Waals surface area contributed by atoms with E-state index in [4.69, 9.17) is 5.73 Å². The molecule has 0 unspecified atom stereocenters. The largest absolute Gasteiger partial charge is 0.368 e. The second kappa shape index (κ2) is 8.40. The van der Waals surface area contributed by atoms with Crippen LogP contribution in [0.2, 0.25) is 0 Å². The molecule has 0 radical (unpaired) electrons. The smallest absolute Gasteiger partial charge is 0.234 e. The van der Waals surface area contributed by atoms with Gasteiger partial charge in [-0.05, 0) is 28.7 Å². The fourth-order valence-corrected chi connectivity index (χ4v) is 2.93. The number of carbonyl (C=O) groups excluding carboxylic acids is 1. The summed E-state index contributed by atoms with van der Waals surface area (Å²) in [5.74, 6) is -0.317. The highest BCUT2D eigenvalue weighted by atomic mass is 16.1. The SMILES string of the molecule is CC[C@H](NCc1ccccc1-c1ccc(Cn2cncn2)cc1)C(N)=O. The highest BCUT2D eigenvalue weighted by molar-refractivity contribution is 5.79. The molecule has 0 fully saturated rings. The molecule has 6 heteroatoms. The monoisotopic (exact) mass is 349 g/mol. The van der Waals surface area contributed by atoms with E-state index in [1.807, 2.05) is 19.1 Å². The van der Waals surface area contributed by atoms with Gasteiger partial charge in [0, 0.05) is 6.54 Å².